The molecule has 1 aromatic heterocycles. The van der Waals surface area contributed by atoms with Gasteiger partial charge < -0.3 is 15.6 Å². The molecule has 0 spiro atoms. The number of hydrogen-bond acceptors (Lipinski definition) is 5. The SMILES string of the molecule is CC(Oc1cc(-n2nc(C(C)(C)O)n(C)c2=O)ccc1C(N)=O)C(F)F. The summed E-state index contributed by atoms with van der Waals surface area (Å²) in [7, 11) is 1.44. The summed E-state index contributed by atoms with van der Waals surface area (Å²) in [6, 6.07) is 3.86. The number of benzene rings is 1. The Kier molecular flexibility index (Phi) is 5.17. The molecule has 0 aliphatic carbocycles. The molecule has 1 atom stereocenters. The fourth-order valence-electron chi connectivity index (χ4n) is 2.33. The molecule has 1 unspecified atom stereocenters. The van der Waals surface area contributed by atoms with E-state index in [9.17, 15) is 23.5 Å². The van der Waals surface area contributed by atoms with E-state index < -0.39 is 29.7 Å². The highest BCUT2D eigenvalue weighted by molar-refractivity contribution is 5.96. The maximum Gasteiger partial charge on any atom is 0.350 e. The van der Waals surface area contributed by atoms with Gasteiger partial charge in [-0.2, -0.15) is 4.68 Å². The van der Waals surface area contributed by atoms with Crippen LogP contribution in [0.3, 0.4) is 0 Å². The summed E-state index contributed by atoms with van der Waals surface area (Å²) in [5.41, 5.74) is 3.36. The van der Waals surface area contributed by atoms with Crippen molar-refractivity contribution in [1.82, 2.24) is 14.3 Å². The number of halogens is 2. The number of alkyl halides is 2. The number of aromatic nitrogens is 3. The predicted molar refractivity (Wildman–Crippen MR) is 88.7 cm³/mol. The monoisotopic (exact) mass is 370 g/mol. The van der Waals surface area contributed by atoms with Crippen LogP contribution in [0.25, 0.3) is 5.69 Å². The van der Waals surface area contributed by atoms with Gasteiger partial charge in [0.2, 0.25) is 0 Å². The fraction of sp³-hybridized carbons (Fsp3) is 0.438. The summed E-state index contributed by atoms with van der Waals surface area (Å²) < 4.78 is 32.8. The molecule has 2 aromatic rings. The van der Waals surface area contributed by atoms with Crippen LogP contribution in [0.15, 0.2) is 23.0 Å². The smallest absolute Gasteiger partial charge is 0.350 e. The van der Waals surface area contributed by atoms with Crippen molar-refractivity contribution in [2.45, 2.75) is 38.9 Å². The van der Waals surface area contributed by atoms with E-state index in [0.717, 1.165) is 16.2 Å². The van der Waals surface area contributed by atoms with E-state index in [1.807, 2.05) is 0 Å². The molecule has 142 valence electrons. The van der Waals surface area contributed by atoms with Gasteiger partial charge in [-0.1, -0.05) is 0 Å². The molecule has 10 heteroatoms. The number of amides is 1. The summed E-state index contributed by atoms with van der Waals surface area (Å²) in [4.78, 5) is 23.9. The summed E-state index contributed by atoms with van der Waals surface area (Å²) in [6.07, 6.45) is -4.27. The van der Waals surface area contributed by atoms with Gasteiger partial charge in [-0.3, -0.25) is 9.36 Å². The molecule has 0 aliphatic rings. The highest BCUT2D eigenvalue weighted by Gasteiger charge is 2.26. The quantitative estimate of drug-likeness (QED) is 0.786. The minimum absolute atomic E-state index is 0.102. The first-order valence-corrected chi connectivity index (χ1v) is 7.71. The Labute approximate surface area is 147 Å². The van der Waals surface area contributed by atoms with Crippen molar-refractivity contribution in [3.05, 3.63) is 40.1 Å². The van der Waals surface area contributed by atoms with Gasteiger partial charge in [-0.05, 0) is 32.9 Å². The van der Waals surface area contributed by atoms with Crippen LogP contribution in [0.5, 0.6) is 5.75 Å². The van der Waals surface area contributed by atoms with Crippen LogP contribution in [-0.2, 0) is 12.6 Å². The summed E-state index contributed by atoms with van der Waals surface area (Å²) in [6.45, 7) is 4.07. The number of hydrogen-bond donors (Lipinski definition) is 2. The number of carbonyl (C=O) groups is 1. The average Bonchev–Trinajstić information content (AvgIpc) is 2.82. The first-order chi connectivity index (χ1) is 11.9. The summed E-state index contributed by atoms with van der Waals surface area (Å²) >= 11 is 0. The van der Waals surface area contributed by atoms with Crippen LogP contribution in [0, 0.1) is 0 Å². The Morgan fingerprint density at radius 3 is 2.46 bits per heavy atom. The molecule has 0 saturated carbocycles. The third-order valence-electron chi connectivity index (χ3n) is 3.67. The lowest BCUT2D eigenvalue weighted by Crippen LogP contribution is -2.26. The summed E-state index contributed by atoms with van der Waals surface area (Å²) in [5, 5.41) is 14.2. The van der Waals surface area contributed by atoms with Crippen molar-refractivity contribution >= 4 is 5.91 Å². The second kappa shape index (κ2) is 6.87. The van der Waals surface area contributed by atoms with Crippen LogP contribution in [-0.4, -0.2) is 37.9 Å². The second-order valence-electron chi connectivity index (χ2n) is 6.34. The third kappa shape index (κ3) is 3.74. The number of nitrogens with two attached hydrogens (primary N) is 1. The molecular weight excluding hydrogens is 350 g/mol. The number of aliphatic hydroxyl groups is 1. The molecule has 1 amide bonds. The molecule has 8 nitrogen and oxygen atoms in total. The highest BCUT2D eigenvalue weighted by atomic mass is 19.3. The van der Waals surface area contributed by atoms with E-state index in [2.05, 4.69) is 5.10 Å². The minimum Gasteiger partial charge on any atom is -0.484 e. The molecule has 0 aliphatic heterocycles. The Morgan fingerprint density at radius 2 is 2.00 bits per heavy atom. The van der Waals surface area contributed by atoms with E-state index in [-0.39, 0.29) is 22.8 Å². The second-order valence-corrected chi connectivity index (χ2v) is 6.34. The first kappa shape index (κ1) is 19.6. The molecule has 1 heterocycles. The van der Waals surface area contributed by atoms with E-state index in [1.54, 1.807) is 0 Å². The minimum atomic E-state index is -2.78. The lowest BCUT2D eigenvalue weighted by Gasteiger charge is -2.16. The number of primary amides is 1. The molecule has 0 fully saturated rings. The van der Waals surface area contributed by atoms with E-state index in [1.165, 1.54) is 39.1 Å². The van der Waals surface area contributed by atoms with Gasteiger partial charge in [0.25, 0.3) is 12.3 Å². The standard InChI is InChI=1S/C16H20F2N4O4/c1-8(12(17)18)26-11-7-9(5-6-10(11)13(19)23)22-15(24)21(4)14(20-22)16(2,3)25/h5-8,12,25H,1-4H3,(H2,19,23). The van der Waals surface area contributed by atoms with Gasteiger partial charge in [0.15, 0.2) is 11.9 Å². The number of carbonyl (C=O) groups excluding carboxylic acids is 1. The van der Waals surface area contributed by atoms with Crippen molar-refractivity contribution in [2.24, 2.45) is 12.8 Å². The lowest BCUT2D eigenvalue weighted by molar-refractivity contribution is 0.0221. The molecule has 3 N–H and O–H groups in total. The van der Waals surface area contributed by atoms with Crippen LogP contribution in [0.4, 0.5) is 8.78 Å². The van der Waals surface area contributed by atoms with Gasteiger partial charge in [-0.25, -0.2) is 13.6 Å². The zero-order valence-electron chi connectivity index (χ0n) is 14.7. The van der Waals surface area contributed by atoms with Gasteiger partial charge >= 0.3 is 5.69 Å². The fourth-order valence-corrected chi connectivity index (χ4v) is 2.33. The summed E-state index contributed by atoms with van der Waals surface area (Å²) in [5.74, 6) is -0.950. The molecule has 2 rings (SSSR count). The van der Waals surface area contributed by atoms with Crippen molar-refractivity contribution in [3.8, 4) is 11.4 Å². The largest absolute Gasteiger partial charge is 0.484 e. The van der Waals surface area contributed by atoms with Gasteiger partial charge in [0, 0.05) is 13.1 Å². The van der Waals surface area contributed by atoms with Gasteiger partial charge in [-0.15, -0.1) is 5.10 Å². The molecule has 0 radical (unpaired) electrons. The van der Waals surface area contributed by atoms with Gasteiger partial charge in [0.1, 0.15) is 11.4 Å². The Bertz CT molecular complexity index is 883. The zero-order chi connectivity index (χ0) is 19.8. The maximum absolute atomic E-state index is 12.8. The average molecular weight is 370 g/mol. The molecular formula is C16H20F2N4O4. The molecule has 1 aromatic carbocycles. The molecule has 26 heavy (non-hydrogen) atoms. The van der Waals surface area contributed by atoms with Crippen molar-refractivity contribution in [1.29, 1.82) is 0 Å². The molecule has 0 saturated heterocycles. The number of rotatable bonds is 6. The first-order valence-electron chi connectivity index (χ1n) is 7.71. The van der Waals surface area contributed by atoms with Crippen molar-refractivity contribution in [3.63, 3.8) is 0 Å². The van der Waals surface area contributed by atoms with Crippen LogP contribution in [0.2, 0.25) is 0 Å². The van der Waals surface area contributed by atoms with Crippen LogP contribution < -0.4 is 16.2 Å². The molecule has 0 bridgehead atoms. The van der Waals surface area contributed by atoms with E-state index in [4.69, 9.17) is 10.5 Å². The Hall–Kier alpha value is -2.75. The van der Waals surface area contributed by atoms with E-state index in [0.29, 0.717) is 0 Å². The van der Waals surface area contributed by atoms with Crippen molar-refractivity contribution in [2.75, 3.05) is 0 Å². The third-order valence-corrected chi connectivity index (χ3v) is 3.67. The Balaban J connectivity index is 2.59. The zero-order valence-corrected chi connectivity index (χ0v) is 14.7. The maximum atomic E-state index is 12.8. The lowest BCUT2D eigenvalue weighted by atomic mass is 10.1. The number of nitrogens with zero attached hydrogens (tertiary/aromatic N) is 3. The van der Waals surface area contributed by atoms with Crippen molar-refractivity contribution < 1.29 is 23.4 Å². The van der Waals surface area contributed by atoms with Crippen LogP contribution >= 0.6 is 0 Å². The normalized spacial score (nSPS) is 13.1. The van der Waals surface area contributed by atoms with Crippen LogP contribution in [0.1, 0.15) is 37.0 Å². The topological polar surface area (TPSA) is 112 Å². The Morgan fingerprint density at radius 1 is 1.38 bits per heavy atom. The van der Waals surface area contributed by atoms with Gasteiger partial charge in [0.05, 0.1) is 11.3 Å². The predicted octanol–water partition coefficient (Wildman–Crippen LogP) is 0.930. The van der Waals surface area contributed by atoms with E-state index >= 15 is 0 Å². The number of ether oxygens (including phenoxy) is 1. The highest BCUT2D eigenvalue weighted by Crippen LogP contribution is 2.25.